The number of rotatable bonds is 5. The number of aromatic amines is 1. The molecule has 26 heavy (non-hydrogen) atoms. The number of furan rings is 1. The number of thiophene rings is 1. The van der Waals surface area contributed by atoms with Crippen LogP contribution in [0.4, 0.5) is 0 Å². The fourth-order valence-electron chi connectivity index (χ4n) is 2.69. The molecule has 0 saturated carbocycles. The van der Waals surface area contributed by atoms with Crippen LogP contribution in [0.2, 0.25) is 0 Å². The van der Waals surface area contributed by atoms with E-state index in [0.29, 0.717) is 17.0 Å². The summed E-state index contributed by atoms with van der Waals surface area (Å²) in [5.74, 6) is 2.16. The number of hydrogen-bond donors (Lipinski definition) is 1. The number of fused-ring (bicyclic) bond motifs is 1. The van der Waals surface area contributed by atoms with Gasteiger partial charge in [-0.2, -0.15) is 0 Å². The number of methoxy groups -OCH3 is 1. The number of H-pyrrole nitrogens is 1. The molecule has 3 heterocycles. The van der Waals surface area contributed by atoms with Gasteiger partial charge in [-0.25, -0.2) is 4.98 Å². The summed E-state index contributed by atoms with van der Waals surface area (Å²) in [7, 11) is 1.65. The molecule has 0 radical (unpaired) electrons. The van der Waals surface area contributed by atoms with Crippen LogP contribution in [0.3, 0.4) is 0 Å². The van der Waals surface area contributed by atoms with Crippen LogP contribution in [0.5, 0.6) is 5.75 Å². The maximum Gasteiger partial charge on any atom is 0.260 e. The second-order valence-corrected chi connectivity index (χ2v) is 7.97. The SMILES string of the molecule is COc1ccc(SC(C)c2nc3scc(-c4ccco4)c3c(=O)[nH]2)cc1. The summed E-state index contributed by atoms with van der Waals surface area (Å²) in [4.78, 5) is 22.1. The van der Waals surface area contributed by atoms with Gasteiger partial charge in [-0.1, -0.05) is 0 Å². The van der Waals surface area contributed by atoms with E-state index in [9.17, 15) is 4.79 Å². The van der Waals surface area contributed by atoms with Crippen molar-refractivity contribution in [3.05, 3.63) is 64.2 Å². The summed E-state index contributed by atoms with van der Waals surface area (Å²) in [6.07, 6.45) is 1.60. The molecule has 0 aliphatic carbocycles. The highest BCUT2D eigenvalue weighted by Gasteiger charge is 2.17. The van der Waals surface area contributed by atoms with Crippen molar-refractivity contribution in [2.75, 3.05) is 7.11 Å². The van der Waals surface area contributed by atoms with Gasteiger partial charge >= 0.3 is 0 Å². The lowest BCUT2D eigenvalue weighted by molar-refractivity contribution is 0.414. The lowest BCUT2D eigenvalue weighted by atomic mass is 10.2. The average molecular weight is 384 g/mol. The van der Waals surface area contributed by atoms with Crippen LogP contribution >= 0.6 is 23.1 Å². The van der Waals surface area contributed by atoms with Gasteiger partial charge in [0, 0.05) is 15.8 Å². The highest BCUT2D eigenvalue weighted by atomic mass is 32.2. The van der Waals surface area contributed by atoms with Crippen LogP contribution in [-0.4, -0.2) is 17.1 Å². The predicted octanol–water partition coefficient (Wildman–Crippen LogP) is 5.11. The molecule has 0 aliphatic heterocycles. The van der Waals surface area contributed by atoms with Gasteiger partial charge < -0.3 is 14.1 Å². The first-order chi connectivity index (χ1) is 12.7. The van der Waals surface area contributed by atoms with Gasteiger partial charge in [0.2, 0.25) is 0 Å². The van der Waals surface area contributed by atoms with E-state index in [0.717, 1.165) is 21.0 Å². The van der Waals surface area contributed by atoms with Gasteiger partial charge in [-0.15, -0.1) is 23.1 Å². The summed E-state index contributed by atoms with van der Waals surface area (Å²) < 4.78 is 10.6. The monoisotopic (exact) mass is 384 g/mol. The Kier molecular flexibility index (Phi) is 4.57. The van der Waals surface area contributed by atoms with Crippen molar-refractivity contribution in [2.45, 2.75) is 17.1 Å². The van der Waals surface area contributed by atoms with Crippen LogP contribution in [0.1, 0.15) is 18.0 Å². The Labute approximate surface area is 158 Å². The Balaban J connectivity index is 1.65. The maximum atomic E-state index is 12.7. The third kappa shape index (κ3) is 3.15. The van der Waals surface area contributed by atoms with Gasteiger partial charge in [-0.05, 0) is 43.3 Å². The minimum Gasteiger partial charge on any atom is -0.497 e. The van der Waals surface area contributed by atoms with Crippen LogP contribution in [0, 0.1) is 0 Å². The van der Waals surface area contributed by atoms with Crippen molar-refractivity contribution < 1.29 is 9.15 Å². The Hall–Kier alpha value is -2.51. The number of nitrogens with zero attached hydrogens (tertiary/aromatic N) is 1. The number of hydrogen-bond acceptors (Lipinski definition) is 6. The molecular weight excluding hydrogens is 368 g/mol. The fourth-order valence-corrected chi connectivity index (χ4v) is 4.55. The highest BCUT2D eigenvalue weighted by molar-refractivity contribution is 7.99. The molecule has 132 valence electrons. The molecule has 0 fully saturated rings. The van der Waals surface area contributed by atoms with Crippen molar-refractivity contribution >= 4 is 33.3 Å². The molecule has 0 spiro atoms. The topological polar surface area (TPSA) is 68.1 Å². The van der Waals surface area contributed by atoms with Gasteiger partial charge in [0.05, 0.1) is 24.0 Å². The molecule has 0 saturated heterocycles. The summed E-state index contributed by atoms with van der Waals surface area (Å²) in [5.41, 5.74) is 0.644. The van der Waals surface area contributed by atoms with Crippen LogP contribution in [-0.2, 0) is 0 Å². The summed E-state index contributed by atoms with van der Waals surface area (Å²) >= 11 is 3.09. The van der Waals surface area contributed by atoms with E-state index in [2.05, 4.69) is 9.97 Å². The Morgan fingerprint density at radius 1 is 1.27 bits per heavy atom. The third-order valence-corrected chi connectivity index (χ3v) is 6.00. The molecule has 1 aromatic carbocycles. The number of nitrogens with one attached hydrogen (secondary N) is 1. The van der Waals surface area contributed by atoms with Gasteiger partial charge in [-0.3, -0.25) is 4.79 Å². The molecule has 0 bridgehead atoms. The molecule has 7 heteroatoms. The Morgan fingerprint density at radius 2 is 2.08 bits per heavy atom. The molecule has 0 aliphatic rings. The molecule has 5 nitrogen and oxygen atoms in total. The largest absolute Gasteiger partial charge is 0.497 e. The average Bonchev–Trinajstić information content (AvgIpc) is 3.31. The van der Waals surface area contributed by atoms with E-state index < -0.39 is 0 Å². The molecule has 0 amide bonds. The van der Waals surface area contributed by atoms with Crippen molar-refractivity contribution in [3.8, 4) is 17.1 Å². The van der Waals surface area contributed by atoms with Gasteiger partial charge in [0.1, 0.15) is 22.2 Å². The fraction of sp³-hybridized carbons (Fsp3) is 0.158. The normalized spacial score (nSPS) is 12.4. The van der Waals surface area contributed by atoms with Crippen LogP contribution in [0.15, 0.2) is 62.1 Å². The first-order valence-corrected chi connectivity index (χ1v) is 9.77. The van der Waals surface area contributed by atoms with E-state index >= 15 is 0 Å². The van der Waals surface area contributed by atoms with Gasteiger partial charge in [0.15, 0.2) is 0 Å². The number of ether oxygens (including phenoxy) is 1. The molecule has 4 aromatic rings. The molecule has 1 unspecified atom stereocenters. The zero-order valence-electron chi connectivity index (χ0n) is 14.2. The number of aromatic nitrogens is 2. The standard InChI is InChI=1S/C19H16N2O3S2/c1-11(26-13-7-5-12(23-2)6-8-13)17-20-18(22)16-14(10-25-19(16)21-17)15-4-3-9-24-15/h3-11H,1-2H3,(H,20,21,22). The third-order valence-electron chi connectivity index (χ3n) is 4.01. The zero-order valence-corrected chi connectivity index (χ0v) is 15.8. The predicted molar refractivity (Wildman–Crippen MR) is 105 cm³/mol. The van der Waals surface area contributed by atoms with E-state index in [1.807, 2.05) is 48.7 Å². The minimum atomic E-state index is -0.139. The first kappa shape index (κ1) is 16.9. The maximum absolute atomic E-state index is 12.7. The Morgan fingerprint density at radius 3 is 2.77 bits per heavy atom. The smallest absolute Gasteiger partial charge is 0.260 e. The zero-order chi connectivity index (χ0) is 18.1. The quantitative estimate of drug-likeness (QED) is 0.485. The number of thioether (sulfide) groups is 1. The number of benzene rings is 1. The highest BCUT2D eigenvalue weighted by Crippen LogP contribution is 2.36. The first-order valence-electron chi connectivity index (χ1n) is 8.01. The van der Waals surface area contributed by atoms with Crippen molar-refractivity contribution in [3.63, 3.8) is 0 Å². The van der Waals surface area contributed by atoms with Crippen molar-refractivity contribution in [2.24, 2.45) is 0 Å². The van der Waals surface area contributed by atoms with Gasteiger partial charge in [0.25, 0.3) is 5.56 Å². The second-order valence-electron chi connectivity index (χ2n) is 5.69. The lowest BCUT2D eigenvalue weighted by Gasteiger charge is -2.11. The van der Waals surface area contributed by atoms with E-state index in [4.69, 9.17) is 9.15 Å². The molecule has 3 aromatic heterocycles. The van der Waals surface area contributed by atoms with Crippen molar-refractivity contribution in [1.82, 2.24) is 9.97 Å². The molecule has 1 N–H and O–H groups in total. The van der Waals surface area contributed by atoms with E-state index in [1.54, 1.807) is 25.1 Å². The van der Waals surface area contributed by atoms with E-state index in [-0.39, 0.29) is 10.8 Å². The molecule has 1 atom stereocenters. The second kappa shape index (κ2) is 7.01. The van der Waals surface area contributed by atoms with Crippen molar-refractivity contribution in [1.29, 1.82) is 0 Å². The summed E-state index contributed by atoms with van der Waals surface area (Å²) in [5, 5.41) is 2.50. The molecular formula is C19H16N2O3S2. The summed E-state index contributed by atoms with van der Waals surface area (Å²) in [6.45, 7) is 2.03. The van der Waals surface area contributed by atoms with E-state index in [1.165, 1.54) is 11.3 Å². The molecule has 4 rings (SSSR count). The van der Waals surface area contributed by atoms with Crippen LogP contribution < -0.4 is 10.3 Å². The lowest BCUT2D eigenvalue weighted by Crippen LogP contribution is -2.12. The Bertz CT molecular complexity index is 1080. The summed E-state index contributed by atoms with van der Waals surface area (Å²) in [6, 6.07) is 11.5. The van der Waals surface area contributed by atoms with Crippen LogP contribution in [0.25, 0.3) is 21.5 Å². The minimum absolute atomic E-state index is 0.00894.